The molecule has 1 atom stereocenters. The lowest BCUT2D eigenvalue weighted by molar-refractivity contribution is 0.0919. The van der Waals surface area contributed by atoms with Gasteiger partial charge in [0, 0.05) is 30.4 Å². The highest BCUT2D eigenvalue weighted by Crippen LogP contribution is 2.32. The molecule has 1 N–H and O–H groups in total. The number of carbonyl (C=O) groups excluding carboxylic acids is 1. The zero-order valence-electron chi connectivity index (χ0n) is 19.7. The third-order valence-corrected chi connectivity index (χ3v) is 6.44. The number of hydrogen-bond acceptors (Lipinski definition) is 5. The number of hydrogen-bond donors (Lipinski definition) is 1. The quantitative estimate of drug-likeness (QED) is 0.491. The van der Waals surface area contributed by atoms with Crippen LogP contribution >= 0.6 is 0 Å². The van der Waals surface area contributed by atoms with Crippen LogP contribution in [0.25, 0.3) is 11.3 Å². The van der Waals surface area contributed by atoms with Gasteiger partial charge in [-0.25, -0.2) is 15.0 Å². The maximum absolute atomic E-state index is 13.0. The lowest BCUT2D eigenvalue weighted by Gasteiger charge is -2.28. The van der Waals surface area contributed by atoms with E-state index in [1.54, 1.807) is 18.5 Å². The van der Waals surface area contributed by atoms with E-state index in [0.717, 1.165) is 29.1 Å². The van der Waals surface area contributed by atoms with Crippen LogP contribution in [0.15, 0.2) is 48.8 Å². The molecule has 2 aromatic heterocycles. The van der Waals surface area contributed by atoms with Crippen molar-refractivity contribution in [2.24, 2.45) is 5.92 Å². The Morgan fingerprint density at radius 1 is 1.12 bits per heavy atom. The molecule has 0 bridgehead atoms. The molecule has 1 aliphatic rings. The molecule has 6 nitrogen and oxygen atoms in total. The zero-order chi connectivity index (χ0) is 23.2. The molecule has 1 amide bonds. The van der Waals surface area contributed by atoms with Gasteiger partial charge in [-0.05, 0) is 68.5 Å². The van der Waals surface area contributed by atoms with Gasteiger partial charge in [-0.3, -0.25) is 4.79 Å². The number of nitrogens with zero attached hydrogens (tertiary/aromatic N) is 3. The number of rotatable bonds is 7. The highest BCUT2D eigenvalue weighted by molar-refractivity contribution is 5.95. The van der Waals surface area contributed by atoms with E-state index in [1.165, 1.54) is 32.1 Å². The number of ether oxygens (including phenoxy) is 1. The van der Waals surface area contributed by atoms with Crippen molar-refractivity contribution in [2.45, 2.75) is 65.3 Å². The molecule has 1 fully saturated rings. The SMILES string of the molecule is CCc1nccc(-c2cccnc2Oc2cc(C(=O)N[C@@H](C)C3CCCCC3)ccc2C)n1. The Morgan fingerprint density at radius 3 is 2.73 bits per heavy atom. The molecule has 0 saturated heterocycles. The van der Waals surface area contributed by atoms with Gasteiger partial charge in [0.2, 0.25) is 5.88 Å². The van der Waals surface area contributed by atoms with Gasteiger partial charge in [0.15, 0.2) is 0 Å². The largest absolute Gasteiger partial charge is 0.438 e. The topological polar surface area (TPSA) is 77.0 Å². The van der Waals surface area contributed by atoms with Crippen LogP contribution < -0.4 is 10.1 Å². The Hall–Kier alpha value is -3.28. The fraction of sp³-hybridized carbons (Fsp3) is 0.407. The van der Waals surface area contributed by atoms with E-state index in [2.05, 4.69) is 27.2 Å². The number of amides is 1. The Morgan fingerprint density at radius 2 is 1.94 bits per heavy atom. The highest BCUT2D eigenvalue weighted by atomic mass is 16.5. The summed E-state index contributed by atoms with van der Waals surface area (Å²) in [6, 6.07) is 11.4. The first-order valence-electron chi connectivity index (χ1n) is 11.9. The molecule has 4 rings (SSSR count). The van der Waals surface area contributed by atoms with Crippen LogP contribution in [0.1, 0.15) is 67.7 Å². The van der Waals surface area contributed by atoms with Gasteiger partial charge in [0.25, 0.3) is 5.91 Å². The van der Waals surface area contributed by atoms with Crippen molar-refractivity contribution in [3.05, 3.63) is 65.7 Å². The van der Waals surface area contributed by atoms with Crippen LogP contribution in [0.5, 0.6) is 11.6 Å². The van der Waals surface area contributed by atoms with E-state index >= 15 is 0 Å². The summed E-state index contributed by atoms with van der Waals surface area (Å²) in [5, 5.41) is 3.20. The van der Waals surface area contributed by atoms with Gasteiger partial charge in [-0.2, -0.15) is 0 Å². The van der Waals surface area contributed by atoms with Crippen LogP contribution in [0.4, 0.5) is 0 Å². The van der Waals surface area contributed by atoms with Crippen LogP contribution in [-0.2, 0) is 6.42 Å². The van der Waals surface area contributed by atoms with Crippen LogP contribution in [0.2, 0.25) is 0 Å². The molecule has 1 aliphatic carbocycles. The lowest BCUT2D eigenvalue weighted by Crippen LogP contribution is -2.38. The molecular weight excluding hydrogens is 412 g/mol. The average Bonchev–Trinajstić information content (AvgIpc) is 2.86. The first-order valence-corrected chi connectivity index (χ1v) is 11.9. The smallest absolute Gasteiger partial charge is 0.251 e. The third-order valence-electron chi connectivity index (χ3n) is 6.44. The molecule has 1 aromatic carbocycles. The van der Waals surface area contributed by atoms with Gasteiger partial charge >= 0.3 is 0 Å². The maximum atomic E-state index is 13.0. The molecular formula is C27H32N4O2. The molecule has 1 saturated carbocycles. The predicted molar refractivity (Wildman–Crippen MR) is 129 cm³/mol. The standard InChI is InChI=1S/C27H32N4O2/c1-4-25-28-16-14-23(31-25)22-11-8-15-29-27(22)33-24-17-21(13-12-18(24)2)26(32)30-19(3)20-9-6-5-7-10-20/h8,11-17,19-20H,4-7,9-10H2,1-3H3,(H,30,32)/t19-/m0/s1. The maximum Gasteiger partial charge on any atom is 0.251 e. The van der Waals surface area contributed by atoms with Crippen molar-refractivity contribution in [3.8, 4) is 22.9 Å². The number of pyridine rings is 1. The minimum absolute atomic E-state index is 0.0671. The minimum atomic E-state index is -0.0671. The molecule has 0 aliphatic heterocycles. The van der Waals surface area contributed by atoms with Gasteiger partial charge in [0.05, 0.1) is 11.3 Å². The summed E-state index contributed by atoms with van der Waals surface area (Å²) in [5.74, 6) is 2.32. The fourth-order valence-electron chi connectivity index (χ4n) is 4.38. The summed E-state index contributed by atoms with van der Waals surface area (Å²) in [5.41, 5.74) is 3.07. The lowest BCUT2D eigenvalue weighted by atomic mass is 9.84. The first kappa shape index (κ1) is 22.9. The Bertz CT molecular complexity index is 1110. The fourth-order valence-corrected chi connectivity index (χ4v) is 4.38. The van der Waals surface area contributed by atoms with Crippen molar-refractivity contribution in [2.75, 3.05) is 0 Å². The molecule has 6 heteroatoms. The van der Waals surface area contributed by atoms with E-state index in [4.69, 9.17) is 4.74 Å². The predicted octanol–water partition coefficient (Wildman–Crippen LogP) is 5.90. The van der Waals surface area contributed by atoms with E-state index in [0.29, 0.717) is 23.1 Å². The molecule has 172 valence electrons. The molecule has 0 radical (unpaired) electrons. The van der Waals surface area contributed by atoms with Crippen LogP contribution in [0, 0.1) is 12.8 Å². The van der Waals surface area contributed by atoms with Crippen molar-refractivity contribution in [1.82, 2.24) is 20.3 Å². The Balaban J connectivity index is 1.55. The van der Waals surface area contributed by atoms with Crippen molar-refractivity contribution < 1.29 is 9.53 Å². The second kappa shape index (κ2) is 10.6. The normalized spacial score (nSPS) is 15.1. The van der Waals surface area contributed by atoms with E-state index in [1.807, 2.05) is 44.2 Å². The van der Waals surface area contributed by atoms with Gasteiger partial charge in [0.1, 0.15) is 11.6 Å². The summed E-state index contributed by atoms with van der Waals surface area (Å²) >= 11 is 0. The van der Waals surface area contributed by atoms with Crippen molar-refractivity contribution in [1.29, 1.82) is 0 Å². The number of carbonyl (C=O) groups is 1. The zero-order valence-corrected chi connectivity index (χ0v) is 19.7. The number of aryl methyl sites for hydroxylation is 2. The molecule has 33 heavy (non-hydrogen) atoms. The number of benzene rings is 1. The molecule has 0 spiro atoms. The van der Waals surface area contributed by atoms with E-state index < -0.39 is 0 Å². The second-order valence-electron chi connectivity index (χ2n) is 8.81. The molecule has 3 aromatic rings. The molecule has 2 heterocycles. The van der Waals surface area contributed by atoms with E-state index in [9.17, 15) is 4.79 Å². The van der Waals surface area contributed by atoms with Crippen LogP contribution in [-0.4, -0.2) is 26.9 Å². The molecule has 0 unspecified atom stereocenters. The first-order chi connectivity index (χ1) is 16.0. The Labute approximate surface area is 195 Å². The summed E-state index contributed by atoms with van der Waals surface area (Å²) in [4.78, 5) is 26.3. The summed E-state index contributed by atoms with van der Waals surface area (Å²) in [7, 11) is 0. The van der Waals surface area contributed by atoms with E-state index in [-0.39, 0.29) is 11.9 Å². The monoisotopic (exact) mass is 444 g/mol. The van der Waals surface area contributed by atoms with Crippen molar-refractivity contribution >= 4 is 5.91 Å². The third kappa shape index (κ3) is 5.56. The van der Waals surface area contributed by atoms with Gasteiger partial charge in [-0.1, -0.05) is 32.3 Å². The number of aromatic nitrogens is 3. The highest BCUT2D eigenvalue weighted by Gasteiger charge is 2.22. The minimum Gasteiger partial charge on any atom is -0.438 e. The number of nitrogens with one attached hydrogen (secondary N) is 1. The average molecular weight is 445 g/mol. The summed E-state index contributed by atoms with van der Waals surface area (Å²) in [6.07, 6.45) is 10.4. The summed E-state index contributed by atoms with van der Waals surface area (Å²) < 4.78 is 6.23. The Kier molecular flexibility index (Phi) is 7.33. The van der Waals surface area contributed by atoms with Gasteiger partial charge < -0.3 is 10.1 Å². The van der Waals surface area contributed by atoms with Gasteiger partial charge in [-0.15, -0.1) is 0 Å². The van der Waals surface area contributed by atoms with Crippen LogP contribution in [0.3, 0.4) is 0 Å². The summed E-state index contributed by atoms with van der Waals surface area (Å²) in [6.45, 7) is 6.10. The second-order valence-corrected chi connectivity index (χ2v) is 8.81. The van der Waals surface area contributed by atoms with Crippen molar-refractivity contribution in [3.63, 3.8) is 0 Å².